The van der Waals surface area contributed by atoms with Gasteiger partial charge < -0.3 is 14.9 Å². The predicted octanol–water partition coefficient (Wildman–Crippen LogP) is 1.76. The molecule has 0 unspecified atom stereocenters. The molecule has 0 atom stereocenters. The van der Waals surface area contributed by atoms with Crippen LogP contribution >= 0.6 is 11.6 Å². The summed E-state index contributed by atoms with van der Waals surface area (Å²) in [6.45, 7) is 2.20. The molecular formula is C13H20ClN3O. The topological polar surface area (TPSA) is 39.6 Å². The van der Waals surface area contributed by atoms with Crippen LogP contribution in [0.2, 0.25) is 5.02 Å². The van der Waals surface area contributed by atoms with Gasteiger partial charge in [-0.05, 0) is 44.6 Å². The SMILES string of the molecule is CN1CCC(N(C)c2ncc(CO)cc2Cl)CC1. The van der Waals surface area contributed by atoms with Crippen molar-refractivity contribution in [2.24, 2.45) is 0 Å². The maximum absolute atomic E-state index is 9.05. The van der Waals surface area contributed by atoms with E-state index in [1.807, 2.05) is 7.05 Å². The molecule has 100 valence electrons. The molecule has 5 heteroatoms. The van der Waals surface area contributed by atoms with Crippen LogP contribution in [-0.4, -0.2) is 48.2 Å². The fourth-order valence-corrected chi connectivity index (χ4v) is 2.69. The molecule has 0 amide bonds. The summed E-state index contributed by atoms with van der Waals surface area (Å²) in [6.07, 6.45) is 3.95. The molecule has 1 saturated heterocycles. The largest absolute Gasteiger partial charge is 0.392 e. The molecular weight excluding hydrogens is 250 g/mol. The highest BCUT2D eigenvalue weighted by molar-refractivity contribution is 6.33. The van der Waals surface area contributed by atoms with Gasteiger partial charge in [0.2, 0.25) is 0 Å². The second-order valence-corrected chi connectivity index (χ2v) is 5.36. The number of rotatable bonds is 3. The maximum atomic E-state index is 9.05. The first-order chi connectivity index (χ1) is 8.61. The number of aromatic nitrogens is 1. The minimum absolute atomic E-state index is 0.0229. The van der Waals surface area contributed by atoms with E-state index in [1.54, 1.807) is 12.3 Å². The quantitative estimate of drug-likeness (QED) is 0.908. The van der Waals surface area contributed by atoms with Crippen LogP contribution in [0.5, 0.6) is 0 Å². The van der Waals surface area contributed by atoms with Crippen molar-refractivity contribution in [3.8, 4) is 0 Å². The van der Waals surface area contributed by atoms with Crippen LogP contribution in [0.1, 0.15) is 18.4 Å². The smallest absolute Gasteiger partial charge is 0.147 e. The first-order valence-electron chi connectivity index (χ1n) is 6.28. The molecule has 1 aliphatic rings. The Bertz CT molecular complexity index is 405. The van der Waals surface area contributed by atoms with Crippen molar-refractivity contribution in [3.05, 3.63) is 22.8 Å². The lowest BCUT2D eigenvalue weighted by atomic mass is 10.0. The predicted molar refractivity (Wildman–Crippen MR) is 74.1 cm³/mol. The second kappa shape index (κ2) is 5.87. The number of likely N-dealkylation sites (tertiary alicyclic amines) is 1. The van der Waals surface area contributed by atoms with E-state index < -0.39 is 0 Å². The zero-order chi connectivity index (χ0) is 13.1. The molecule has 1 aromatic heterocycles. The van der Waals surface area contributed by atoms with E-state index in [0.717, 1.165) is 37.3 Å². The summed E-state index contributed by atoms with van der Waals surface area (Å²) in [6, 6.07) is 2.28. The number of hydrogen-bond acceptors (Lipinski definition) is 4. The van der Waals surface area contributed by atoms with Gasteiger partial charge in [0.1, 0.15) is 5.82 Å². The summed E-state index contributed by atoms with van der Waals surface area (Å²) in [5.41, 5.74) is 0.750. The molecule has 4 nitrogen and oxygen atoms in total. The molecule has 0 aromatic carbocycles. The third kappa shape index (κ3) is 2.94. The Labute approximate surface area is 113 Å². The minimum atomic E-state index is -0.0229. The van der Waals surface area contributed by atoms with Gasteiger partial charge in [0, 0.05) is 19.3 Å². The Morgan fingerprint density at radius 2 is 2.17 bits per heavy atom. The third-order valence-corrected chi connectivity index (χ3v) is 3.91. The molecule has 1 aliphatic heterocycles. The molecule has 18 heavy (non-hydrogen) atoms. The van der Waals surface area contributed by atoms with E-state index in [2.05, 4.69) is 21.8 Å². The summed E-state index contributed by atoms with van der Waals surface area (Å²) in [5, 5.41) is 9.67. The molecule has 0 aliphatic carbocycles. The number of nitrogens with zero attached hydrogens (tertiary/aromatic N) is 3. The molecule has 1 N–H and O–H groups in total. The molecule has 0 bridgehead atoms. The number of aliphatic hydroxyl groups excluding tert-OH is 1. The van der Waals surface area contributed by atoms with Gasteiger partial charge in [-0.1, -0.05) is 11.6 Å². The van der Waals surface area contributed by atoms with Crippen LogP contribution in [0.15, 0.2) is 12.3 Å². The summed E-state index contributed by atoms with van der Waals surface area (Å²) in [7, 11) is 4.19. The van der Waals surface area contributed by atoms with Crippen molar-refractivity contribution < 1.29 is 5.11 Å². The molecule has 0 spiro atoms. The van der Waals surface area contributed by atoms with Gasteiger partial charge in [0.15, 0.2) is 0 Å². The average molecular weight is 270 g/mol. The third-order valence-electron chi connectivity index (χ3n) is 3.63. The van der Waals surface area contributed by atoms with Crippen LogP contribution in [0.25, 0.3) is 0 Å². The monoisotopic (exact) mass is 269 g/mol. The van der Waals surface area contributed by atoms with Crippen molar-refractivity contribution in [3.63, 3.8) is 0 Å². The lowest BCUT2D eigenvalue weighted by Crippen LogP contribution is -2.42. The number of hydrogen-bond donors (Lipinski definition) is 1. The lowest BCUT2D eigenvalue weighted by Gasteiger charge is -2.36. The van der Waals surface area contributed by atoms with Gasteiger partial charge in [0.05, 0.1) is 11.6 Å². The number of piperidine rings is 1. The highest BCUT2D eigenvalue weighted by Gasteiger charge is 2.22. The van der Waals surface area contributed by atoms with Crippen molar-refractivity contribution in [2.45, 2.75) is 25.5 Å². The zero-order valence-electron chi connectivity index (χ0n) is 10.9. The van der Waals surface area contributed by atoms with E-state index in [1.165, 1.54) is 0 Å². The average Bonchev–Trinajstić information content (AvgIpc) is 2.38. The lowest BCUT2D eigenvalue weighted by molar-refractivity contribution is 0.252. The highest BCUT2D eigenvalue weighted by atomic mass is 35.5. The van der Waals surface area contributed by atoms with Crippen LogP contribution < -0.4 is 4.90 Å². The first kappa shape index (κ1) is 13.6. The Balaban J connectivity index is 2.11. The number of aliphatic hydroxyl groups is 1. The van der Waals surface area contributed by atoms with Crippen molar-refractivity contribution in [2.75, 3.05) is 32.1 Å². The van der Waals surface area contributed by atoms with Crippen molar-refractivity contribution in [1.82, 2.24) is 9.88 Å². The molecule has 1 fully saturated rings. The molecule has 1 aromatic rings. The van der Waals surface area contributed by atoms with Crippen LogP contribution in [0.4, 0.5) is 5.82 Å². The number of anilines is 1. The second-order valence-electron chi connectivity index (χ2n) is 4.95. The summed E-state index contributed by atoms with van der Waals surface area (Å²) >= 11 is 6.23. The van der Waals surface area contributed by atoms with Gasteiger partial charge >= 0.3 is 0 Å². The van der Waals surface area contributed by atoms with Gasteiger partial charge in [-0.15, -0.1) is 0 Å². The fourth-order valence-electron chi connectivity index (χ4n) is 2.37. The van der Waals surface area contributed by atoms with Gasteiger partial charge in [-0.2, -0.15) is 0 Å². The maximum Gasteiger partial charge on any atom is 0.147 e. The number of halogens is 1. The normalized spacial score (nSPS) is 18.0. The molecule has 2 rings (SSSR count). The highest BCUT2D eigenvalue weighted by Crippen LogP contribution is 2.27. The summed E-state index contributed by atoms with van der Waals surface area (Å²) < 4.78 is 0. The van der Waals surface area contributed by atoms with Crippen LogP contribution in [0, 0.1) is 0 Å². The Hall–Kier alpha value is -0.840. The molecule has 2 heterocycles. The Morgan fingerprint density at radius 3 is 2.72 bits per heavy atom. The van der Waals surface area contributed by atoms with E-state index in [-0.39, 0.29) is 6.61 Å². The standard InChI is InChI=1S/C13H20ClN3O/c1-16-5-3-11(4-6-16)17(2)13-12(14)7-10(9-18)8-15-13/h7-8,11,18H,3-6,9H2,1-2H3. The first-order valence-corrected chi connectivity index (χ1v) is 6.66. The van der Waals surface area contributed by atoms with E-state index in [0.29, 0.717) is 11.1 Å². The van der Waals surface area contributed by atoms with Crippen molar-refractivity contribution >= 4 is 17.4 Å². The Morgan fingerprint density at radius 1 is 1.50 bits per heavy atom. The van der Waals surface area contributed by atoms with E-state index in [9.17, 15) is 0 Å². The molecule has 0 saturated carbocycles. The Kier molecular flexibility index (Phi) is 4.43. The molecule has 0 radical (unpaired) electrons. The van der Waals surface area contributed by atoms with Gasteiger partial charge in [-0.25, -0.2) is 4.98 Å². The fraction of sp³-hybridized carbons (Fsp3) is 0.615. The van der Waals surface area contributed by atoms with E-state index >= 15 is 0 Å². The van der Waals surface area contributed by atoms with Crippen molar-refractivity contribution in [1.29, 1.82) is 0 Å². The number of pyridine rings is 1. The van der Waals surface area contributed by atoms with E-state index in [4.69, 9.17) is 16.7 Å². The summed E-state index contributed by atoms with van der Waals surface area (Å²) in [5.74, 6) is 0.809. The summed E-state index contributed by atoms with van der Waals surface area (Å²) in [4.78, 5) is 8.87. The van der Waals surface area contributed by atoms with Gasteiger partial charge in [0.25, 0.3) is 0 Å². The van der Waals surface area contributed by atoms with Crippen LogP contribution in [0.3, 0.4) is 0 Å². The van der Waals surface area contributed by atoms with Gasteiger partial charge in [-0.3, -0.25) is 0 Å². The minimum Gasteiger partial charge on any atom is -0.392 e. The zero-order valence-corrected chi connectivity index (χ0v) is 11.7. The van der Waals surface area contributed by atoms with Crippen LogP contribution in [-0.2, 0) is 6.61 Å².